The van der Waals surface area contributed by atoms with Crippen LogP contribution in [0.1, 0.15) is 22.3 Å². The number of alkyl halides is 3. The van der Waals surface area contributed by atoms with Crippen molar-refractivity contribution in [2.24, 2.45) is 0 Å². The lowest BCUT2D eigenvalue weighted by molar-refractivity contribution is -0.615. The molecule has 2 aliphatic heterocycles. The summed E-state index contributed by atoms with van der Waals surface area (Å²) in [6.45, 7) is 0.421. The van der Waals surface area contributed by atoms with Crippen LogP contribution in [-0.4, -0.2) is 54.8 Å². The molecule has 4 rings (SSSR count). The number of rotatable bonds is 4. The number of amides is 3. The van der Waals surface area contributed by atoms with Gasteiger partial charge in [-0.25, -0.2) is 0 Å². The first-order chi connectivity index (χ1) is 15.2. The fourth-order valence-corrected chi connectivity index (χ4v) is 4.14. The number of hydrogen-bond donors (Lipinski definition) is 3. The van der Waals surface area contributed by atoms with Crippen LogP contribution < -0.4 is 16.0 Å². The second-order valence-corrected chi connectivity index (χ2v) is 7.91. The summed E-state index contributed by atoms with van der Waals surface area (Å²) in [5.74, 6) is -0.950. The third kappa shape index (κ3) is 4.18. The molecule has 0 aromatic heterocycles. The molecular formula is C22H22F3N4O3+. The third-order valence-electron chi connectivity index (χ3n) is 5.65. The Bertz CT molecular complexity index is 1090. The van der Waals surface area contributed by atoms with Crippen LogP contribution in [0.4, 0.5) is 18.9 Å². The van der Waals surface area contributed by atoms with E-state index in [-0.39, 0.29) is 36.5 Å². The number of nitrogens with two attached hydrogens (primary N) is 1. The molecule has 0 spiro atoms. The summed E-state index contributed by atoms with van der Waals surface area (Å²) in [5, 5.41) is 7.28. The minimum atomic E-state index is -4.48. The molecule has 10 heteroatoms. The van der Waals surface area contributed by atoms with Crippen LogP contribution in [0.2, 0.25) is 0 Å². The molecule has 0 radical (unpaired) electrons. The van der Waals surface area contributed by atoms with Crippen LogP contribution in [0.5, 0.6) is 0 Å². The maximum absolute atomic E-state index is 13.3. The van der Waals surface area contributed by atoms with Crippen molar-refractivity contribution >= 4 is 23.4 Å². The van der Waals surface area contributed by atoms with Crippen molar-refractivity contribution in [3.05, 3.63) is 53.6 Å². The Balaban J connectivity index is 1.64. The molecule has 0 bridgehead atoms. The van der Waals surface area contributed by atoms with E-state index in [0.717, 1.165) is 12.1 Å². The van der Waals surface area contributed by atoms with Crippen LogP contribution in [0, 0.1) is 0 Å². The fourth-order valence-electron chi connectivity index (χ4n) is 4.14. The van der Waals surface area contributed by atoms with Crippen LogP contribution in [0.15, 0.2) is 42.5 Å². The molecule has 2 atom stereocenters. The first kappa shape index (κ1) is 21.8. The molecule has 2 heterocycles. The van der Waals surface area contributed by atoms with Gasteiger partial charge in [0.2, 0.25) is 5.91 Å². The van der Waals surface area contributed by atoms with Crippen molar-refractivity contribution in [3.8, 4) is 11.1 Å². The average molecular weight is 447 g/mol. The van der Waals surface area contributed by atoms with E-state index in [0.29, 0.717) is 23.2 Å². The van der Waals surface area contributed by atoms with Crippen molar-refractivity contribution < 1.29 is 32.9 Å². The van der Waals surface area contributed by atoms with Gasteiger partial charge in [0.1, 0.15) is 6.04 Å². The number of fused-ring (bicyclic) bond motifs is 2. The minimum Gasteiger partial charge on any atom is -0.347 e. The predicted molar refractivity (Wildman–Crippen MR) is 110 cm³/mol. The summed E-state index contributed by atoms with van der Waals surface area (Å²) < 4.78 is 39.3. The zero-order valence-corrected chi connectivity index (χ0v) is 17.2. The van der Waals surface area contributed by atoms with Gasteiger partial charge in [-0.2, -0.15) is 13.2 Å². The molecule has 32 heavy (non-hydrogen) atoms. The van der Waals surface area contributed by atoms with Crippen molar-refractivity contribution in [1.29, 1.82) is 0 Å². The minimum absolute atomic E-state index is 0.180. The van der Waals surface area contributed by atoms with Gasteiger partial charge in [0.25, 0.3) is 11.8 Å². The lowest BCUT2D eigenvalue weighted by Gasteiger charge is -2.20. The number of anilines is 1. The highest BCUT2D eigenvalue weighted by Crippen LogP contribution is 2.35. The highest BCUT2D eigenvalue weighted by molar-refractivity contribution is 6.10. The predicted octanol–water partition coefficient (Wildman–Crippen LogP) is 1.22. The second kappa shape index (κ2) is 8.27. The Labute approximate surface area is 182 Å². The topological polar surface area (TPSA) is 95.1 Å². The Morgan fingerprint density at radius 3 is 2.66 bits per heavy atom. The van der Waals surface area contributed by atoms with Gasteiger partial charge >= 0.3 is 6.18 Å². The Morgan fingerprint density at radius 1 is 1.19 bits per heavy atom. The van der Waals surface area contributed by atoms with Crippen LogP contribution >= 0.6 is 0 Å². The highest BCUT2D eigenvalue weighted by Gasteiger charge is 2.43. The summed E-state index contributed by atoms with van der Waals surface area (Å²) in [4.78, 5) is 39.3. The molecule has 0 saturated carbocycles. The number of quaternary nitrogens is 1. The molecule has 4 N–H and O–H groups in total. The van der Waals surface area contributed by atoms with E-state index in [4.69, 9.17) is 0 Å². The molecule has 2 aliphatic rings. The van der Waals surface area contributed by atoms with Crippen LogP contribution in [0.3, 0.4) is 0 Å². The molecule has 1 saturated heterocycles. The number of carbonyl (C=O) groups excluding carboxylic acids is 3. The molecule has 1 fully saturated rings. The maximum Gasteiger partial charge on any atom is 0.416 e. The summed E-state index contributed by atoms with van der Waals surface area (Å²) in [6, 6.07) is 8.36. The van der Waals surface area contributed by atoms with Crippen molar-refractivity contribution in [2.45, 2.75) is 24.7 Å². The normalized spacial score (nSPS) is 20.3. The Morgan fingerprint density at radius 2 is 1.94 bits per heavy atom. The zero-order valence-electron chi connectivity index (χ0n) is 17.2. The number of likely N-dealkylation sites (N-methyl/N-ethyl adjacent to an activating group) is 1. The van der Waals surface area contributed by atoms with Crippen LogP contribution in [-0.2, 0) is 15.8 Å². The van der Waals surface area contributed by atoms with Crippen molar-refractivity contribution in [3.63, 3.8) is 0 Å². The van der Waals surface area contributed by atoms with E-state index in [9.17, 15) is 27.6 Å². The molecular weight excluding hydrogens is 425 g/mol. The smallest absolute Gasteiger partial charge is 0.347 e. The number of benzene rings is 2. The summed E-state index contributed by atoms with van der Waals surface area (Å²) >= 11 is 0. The second-order valence-electron chi connectivity index (χ2n) is 7.91. The van der Waals surface area contributed by atoms with Gasteiger partial charge in [-0.05, 0) is 41.8 Å². The average Bonchev–Trinajstić information content (AvgIpc) is 3.13. The van der Waals surface area contributed by atoms with Gasteiger partial charge in [0.15, 0.2) is 6.54 Å². The van der Waals surface area contributed by atoms with Gasteiger partial charge in [0, 0.05) is 12.6 Å². The van der Waals surface area contributed by atoms with Gasteiger partial charge < -0.3 is 20.9 Å². The largest absolute Gasteiger partial charge is 0.416 e. The lowest BCUT2D eigenvalue weighted by Crippen LogP contribution is -2.82. The number of carbonyl (C=O) groups is 3. The maximum atomic E-state index is 13.3. The lowest BCUT2D eigenvalue weighted by atomic mass is 9.99. The monoisotopic (exact) mass is 447 g/mol. The molecule has 7 nitrogen and oxygen atoms in total. The number of nitrogens with one attached hydrogen (secondary N) is 2. The first-order valence-corrected chi connectivity index (χ1v) is 10.2. The Kier molecular flexibility index (Phi) is 5.64. The zero-order chi connectivity index (χ0) is 23.0. The molecule has 3 amide bonds. The first-order valence-electron chi connectivity index (χ1n) is 10.2. The van der Waals surface area contributed by atoms with E-state index in [1.54, 1.807) is 18.4 Å². The van der Waals surface area contributed by atoms with Gasteiger partial charge in [-0.15, -0.1) is 0 Å². The molecule has 168 valence electrons. The molecule has 2 aromatic carbocycles. The summed E-state index contributed by atoms with van der Waals surface area (Å²) in [7, 11) is 1.76. The molecule has 2 aromatic rings. The summed E-state index contributed by atoms with van der Waals surface area (Å²) in [6.07, 6.45) is -4.19. The quantitative estimate of drug-likeness (QED) is 0.658. The third-order valence-corrected chi connectivity index (χ3v) is 5.65. The Hall–Kier alpha value is -3.40. The van der Waals surface area contributed by atoms with E-state index < -0.39 is 23.7 Å². The SMILES string of the molecule is C[NH2+]CC(=O)N[C@H]1C[C@H]2C(=O)Nc3ccc(-c4cccc(C(F)(F)F)c4)cc3C(=O)N2C1. The van der Waals surface area contributed by atoms with Gasteiger partial charge in [-0.1, -0.05) is 18.2 Å². The van der Waals surface area contributed by atoms with Gasteiger partial charge in [0.05, 0.1) is 23.9 Å². The number of halogens is 3. The standard InChI is InChI=1S/C22H21F3N4O3/c1-26-10-19(30)27-15-9-18-20(31)28-17-6-5-13(8-16(17)21(32)29(18)11-15)12-3-2-4-14(7-12)22(23,24)25/h2-8,15,18,26H,9-11H2,1H3,(H,27,30)(H,28,31)/p+1/t15-,18-/m0/s1. The van der Waals surface area contributed by atoms with Gasteiger partial charge in [-0.3, -0.25) is 14.4 Å². The van der Waals surface area contributed by atoms with Crippen molar-refractivity contribution in [1.82, 2.24) is 10.2 Å². The fraction of sp³-hybridized carbons (Fsp3) is 0.318. The van der Waals surface area contributed by atoms with E-state index >= 15 is 0 Å². The number of hydrogen-bond acceptors (Lipinski definition) is 3. The molecule has 0 unspecified atom stereocenters. The van der Waals surface area contributed by atoms with E-state index in [1.807, 2.05) is 0 Å². The van der Waals surface area contributed by atoms with E-state index in [2.05, 4.69) is 10.6 Å². The number of nitrogens with zero attached hydrogens (tertiary/aromatic N) is 1. The molecule has 0 aliphatic carbocycles. The van der Waals surface area contributed by atoms with E-state index in [1.165, 1.54) is 29.2 Å². The highest BCUT2D eigenvalue weighted by atomic mass is 19.4. The van der Waals surface area contributed by atoms with Crippen molar-refractivity contribution in [2.75, 3.05) is 25.5 Å². The summed E-state index contributed by atoms with van der Waals surface area (Å²) in [5.41, 5.74) is 0.464. The van der Waals surface area contributed by atoms with Crippen LogP contribution in [0.25, 0.3) is 11.1 Å².